The van der Waals surface area contributed by atoms with Crippen molar-refractivity contribution in [2.24, 2.45) is 11.8 Å². The van der Waals surface area contributed by atoms with Crippen LogP contribution < -0.4 is 16.0 Å². The zero-order chi connectivity index (χ0) is 17.6. The second-order valence-corrected chi connectivity index (χ2v) is 7.39. The molecule has 23 heavy (non-hydrogen) atoms. The third-order valence-electron chi connectivity index (χ3n) is 4.01. The van der Waals surface area contributed by atoms with Crippen molar-refractivity contribution in [3.63, 3.8) is 0 Å². The summed E-state index contributed by atoms with van der Waals surface area (Å²) in [4.78, 5) is 36.4. The fraction of sp³-hybridized carbons (Fsp3) is 0.824. The van der Waals surface area contributed by atoms with Crippen LogP contribution in [0.1, 0.15) is 60.3 Å². The third-order valence-corrected chi connectivity index (χ3v) is 4.01. The lowest BCUT2D eigenvalue weighted by molar-refractivity contribution is -0.126. The fourth-order valence-corrected chi connectivity index (χ4v) is 2.85. The minimum absolute atomic E-state index is 0.115. The largest absolute Gasteiger partial charge is 0.353 e. The van der Waals surface area contributed by atoms with E-state index < -0.39 is 0 Å². The Morgan fingerprint density at radius 3 is 2.00 bits per heavy atom. The van der Waals surface area contributed by atoms with E-state index >= 15 is 0 Å². The van der Waals surface area contributed by atoms with Crippen LogP contribution in [0.25, 0.3) is 0 Å². The van der Waals surface area contributed by atoms with Crippen LogP contribution in [0.2, 0.25) is 0 Å². The average Bonchev–Trinajstić information content (AvgIpc) is 2.34. The Morgan fingerprint density at radius 1 is 0.870 bits per heavy atom. The van der Waals surface area contributed by atoms with Gasteiger partial charge >= 0.3 is 0 Å². The molecule has 0 aromatic rings. The lowest BCUT2D eigenvalue weighted by atomic mass is 9.97. The molecule has 1 heterocycles. The van der Waals surface area contributed by atoms with Crippen molar-refractivity contribution in [1.82, 2.24) is 16.0 Å². The topological polar surface area (TPSA) is 87.3 Å². The molecule has 132 valence electrons. The summed E-state index contributed by atoms with van der Waals surface area (Å²) in [5.74, 6) is 0.178. The van der Waals surface area contributed by atoms with Gasteiger partial charge in [0.15, 0.2) is 0 Å². The number of carbonyl (C=O) groups is 3. The van der Waals surface area contributed by atoms with E-state index in [9.17, 15) is 14.4 Å². The van der Waals surface area contributed by atoms with Crippen LogP contribution >= 0.6 is 0 Å². The molecule has 1 saturated heterocycles. The molecule has 3 N–H and O–H groups in total. The van der Waals surface area contributed by atoms with Crippen LogP contribution in [0.15, 0.2) is 0 Å². The molecule has 0 aromatic heterocycles. The highest BCUT2D eigenvalue weighted by molar-refractivity contribution is 5.83. The molecule has 1 aliphatic heterocycles. The van der Waals surface area contributed by atoms with Gasteiger partial charge in [-0.05, 0) is 25.2 Å². The molecule has 3 atom stereocenters. The molecule has 2 unspecified atom stereocenters. The predicted molar refractivity (Wildman–Crippen MR) is 89.6 cm³/mol. The number of rotatable bonds is 3. The molecule has 3 amide bonds. The summed E-state index contributed by atoms with van der Waals surface area (Å²) < 4.78 is 0. The molecule has 1 rings (SSSR count). The van der Waals surface area contributed by atoms with E-state index in [1.54, 1.807) is 0 Å². The molecular formula is C17H31N3O3. The standard InChI is InChI=1S/C17H31N3O3/c1-10(2)6-13-8-16(22)20-14(11(3)4)9-17(23)18-12(5)7-15(21)19-13/h10-14H,6-9H2,1-5H3,(H,18,23)(H,19,21)(H,20,22)/t12-,13?,14?/m0/s1. The zero-order valence-corrected chi connectivity index (χ0v) is 14.9. The highest BCUT2D eigenvalue weighted by Crippen LogP contribution is 2.12. The van der Waals surface area contributed by atoms with Crippen molar-refractivity contribution in [1.29, 1.82) is 0 Å². The highest BCUT2D eigenvalue weighted by Gasteiger charge is 2.25. The molecule has 6 nitrogen and oxygen atoms in total. The minimum Gasteiger partial charge on any atom is -0.353 e. The molecule has 6 heteroatoms. The van der Waals surface area contributed by atoms with Crippen LogP contribution in [0.4, 0.5) is 0 Å². The van der Waals surface area contributed by atoms with Gasteiger partial charge < -0.3 is 16.0 Å². The maximum absolute atomic E-state index is 12.3. The van der Waals surface area contributed by atoms with Crippen molar-refractivity contribution in [2.45, 2.75) is 78.4 Å². The maximum atomic E-state index is 12.3. The van der Waals surface area contributed by atoms with Crippen LogP contribution in [-0.4, -0.2) is 35.8 Å². The van der Waals surface area contributed by atoms with E-state index in [0.29, 0.717) is 5.92 Å². The van der Waals surface area contributed by atoms with Gasteiger partial charge in [0.25, 0.3) is 0 Å². The summed E-state index contributed by atoms with van der Waals surface area (Å²) in [6.07, 6.45) is 1.48. The minimum atomic E-state index is -0.217. The normalized spacial score (nSPS) is 27.8. The van der Waals surface area contributed by atoms with E-state index in [0.717, 1.165) is 6.42 Å². The second kappa shape index (κ2) is 8.89. The van der Waals surface area contributed by atoms with Crippen molar-refractivity contribution >= 4 is 17.7 Å². The van der Waals surface area contributed by atoms with Crippen LogP contribution in [-0.2, 0) is 14.4 Å². The molecule has 1 aliphatic rings. The van der Waals surface area contributed by atoms with Crippen molar-refractivity contribution < 1.29 is 14.4 Å². The van der Waals surface area contributed by atoms with Gasteiger partial charge in [0.2, 0.25) is 17.7 Å². The van der Waals surface area contributed by atoms with E-state index in [4.69, 9.17) is 0 Å². The van der Waals surface area contributed by atoms with Gasteiger partial charge in [-0.3, -0.25) is 14.4 Å². The average molecular weight is 325 g/mol. The number of hydrogen-bond acceptors (Lipinski definition) is 3. The predicted octanol–water partition coefficient (Wildman–Crippen LogP) is 1.35. The van der Waals surface area contributed by atoms with Gasteiger partial charge in [0.05, 0.1) is 0 Å². The summed E-state index contributed by atoms with van der Waals surface area (Å²) in [5, 5.41) is 8.71. The van der Waals surface area contributed by atoms with Gasteiger partial charge in [-0.25, -0.2) is 0 Å². The molecule has 0 radical (unpaired) electrons. The van der Waals surface area contributed by atoms with E-state index in [1.807, 2.05) is 20.8 Å². The van der Waals surface area contributed by atoms with Crippen molar-refractivity contribution in [3.8, 4) is 0 Å². The number of nitrogens with one attached hydrogen (secondary N) is 3. The first kappa shape index (κ1) is 19.5. The molecule has 0 spiro atoms. The first-order valence-corrected chi connectivity index (χ1v) is 8.55. The Kier molecular flexibility index (Phi) is 7.52. The lowest BCUT2D eigenvalue weighted by Gasteiger charge is -2.27. The Labute approximate surface area is 139 Å². The summed E-state index contributed by atoms with van der Waals surface area (Å²) in [6.45, 7) is 9.94. The fourth-order valence-electron chi connectivity index (χ4n) is 2.85. The van der Waals surface area contributed by atoms with Gasteiger partial charge in [-0.1, -0.05) is 27.7 Å². The monoisotopic (exact) mass is 325 g/mol. The molecule has 0 aliphatic carbocycles. The van der Waals surface area contributed by atoms with Crippen molar-refractivity contribution in [3.05, 3.63) is 0 Å². The third kappa shape index (κ3) is 7.48. The van der Waals surface area contributed by atoms with E-state index in [2.05, 4.69) is 29.8 Å². The zero-order valence-electron chi connectivity index (χ0n) is 14.9. The van der Waals surface area contributed by atoms with Crippen molar-refractivity contribution in [2.75, 3.05) is 0 Å². The quantitative estimate of drug-likeness (QED) is 0.732. The van der Waals surface area contributed by atoms with Gasteiger partial charge in [-0.2, -0.15) is 0 Å². The van der Waals surface area contributed by atoms with Crippen LogP contribution in [0, 0.1) is 11.8 Å². The lowest BCUT2D eigenvalue weighted by Crippen LogP contribution is -2.49. The SMILES string of the molecule is CC(C)CC1CC(=O)NC(C(C)C)CC(=O)N[C@@H](C)CC(=O)N1. The summed E-state index contributed by atoms with van der Waals surface area (Å²) in [5.41, 5.74) is 0. The van der Waals surface area contributed by atoms with Gasteiger partial charge in [-0.15, -0.1) is 0 Å². The Hall–Kier alpha value is -1.59. The van der Waals surface area contributed by atoms with E-state index in [1.165, 1.54) is 0 Å². The summed E-state index contributed by atoms with van der Waals surface area (Å²) in [6, 6.07) is -0.577. The van der Waals surface area contributed by atoms with Gasteiger partial charge in [0, 0.05) is 37.4 Å². The number of hydrogen-bond donors (Lipinski definition) is 3. The first-order chi connectivity index (χ1) is 10.7. The molecule has 0 saturated carbocycles. The number of carbonyl (C=O) groups excluding carboxylic acids is 3. The van der Waals surface area contributed by atoms with Gasteiger partial charge in [0.1, 0.15) is 0 Å². The second-order valence-electron chi connectivity index (χ2n) is 7.39. The first-order valence-electron chi connectivity index (χ1n) is 8.55. The molecular weight excluding hydrogens is 294 g/mol. The summed E-state index contributed by atoms with van der Waals surface area (Å²) in [7, 11) is 0. The Balaban J connectivity index is 2.88. The van der Waals surface area contributed by atoms with Crippen LogP contribution in [0.5, 0.6) is 0 Å². The summed E-state index contributed by atoms with van der Waals surface area (Å²) >= 11 is 0. The molecule has 1 fully saturated rings. The van der Waals surface area contributed by atoms with E-state index in [-0.39, 0.29) is 61.0 Å². The molecule has 0 bridgehead atoms. The maximum Gasteiger partial charge on any atom is 0.222 e. The molecule has 0 aromatic carbocycles. The Bertz CT molecular complexity index is 435. The smallest absolute Gasteiger partial charge is 0.222 e. The van der Waals surface area contributed by atoms with Crippen LogP contribution in [0.3, 0.4) is 0 Å². The highest BCUT2D eigenvalue weighted by atomic mass is 16.2. The number of amides is 3. The Morgan fingerprint density at radius 2 is 1.43 bits per heavy atom.